The van der Waals surface area contributed by atoms with Gasteiger partial charge in [0.05, 0.1) is 17.9 Å². The maximum Gasteiger partial charge on any atom is 0.238 e. The summed E-state index contributed by atoms with van der Waals surface area (Å²) in [5, 5.41) is 2.93. The maximum atomic E-state index is 12.2. The van der Waals surface area contributed by atoms with Crippen molar-refractivity contribution < 1.29 is 4.79 Å². The first-order chi connectivity index (χ1) is 9.47. The van der Waals surface area contributed by atoms with Gasteiger partial charge in [-0.05, 0) is 32.5 Å². The van der Waals surface area contributed by atoms with Crippen molar-refractivity contribution in [2.24, 2.45) is 0 Å². The topological polar surface area (TPSA) is 61.6 Å². The number of nitrogens with two attached hydrogens (primary N) is 1. The molecule has 1 aliphatic rings. The highest BCUT2D eigenvalue weighted by atomic mass is 16.2. The number of piperazine rings is 1. The SMILES string of the molecule is Cc1cccc(N)c1NC(=O)CN1CCN(C)C(C)C1. The van der Waals surface area contributed by atoms with Gasteiger partial charge in [-0.25, -0.2) is 0 Å². The van der Waals surface area contributed by atoms with Gasteiger partial charge in [-0.2, -0.15) is 0 Å². The number of anilines is 2. The highest BCUT2D eigenvalue weighted by Crippen LogP contribution is 2.22. The van der Waals surface area contributed by atoms with Crippen molar-refractivity contribution in [2.75, 3.05) is 44.3 Å². The van der Waals surface area contributed by atoms with Gasteiger partial charge >= 0.3 is 0 Å². The second-order valence-electron chi connectivity index (χ2n) is 5.65. The molecule has 1 saturated heterocycles. The Hall–Kier alpha value is -1.59. The molecular weight excluding hydrogens is 252 g/mol. The van der Waals surface area contributed by atoms with Crippen LogP contribution in [-0.2, 0) is 4.79 Å². The Morgan fingerprint density at radius 2 is 2.20 bits per heavy atom. The van der Waals surface area contributed by atoms with E-state index in [9.17, 15) is 4.79 Å². The van der Waals surface area contributed by atoms with Crippen LogP contribution >= 0.6 is 0 Å². The molecule has 1 fully saturated rings. The molecule has 3 N–H and O–H groups in total. The summed E-state index contributed by atoms with van der Waals surface area (Å²) in [7, 11) is 2.12. The number of nitrogen functional groups attached to an aromatic ring is 1. The van der Waals surface area contributed by atoms with Crippen LogP contribution < -0.4 is 11.1 Å². The van der Waals surface area contributed by atoms with Crippen LogP contribution in [0.3, 0.4) is 0 Å². The van der Waals surface area contributed by atoms with Gasteiger partial charge in [0.15, 0.2) is 0 Å². The molecule has 1 heterocycles. The first kappa shape index (κ1) is 14.8. The Morgan fingerprint density at radius 3 is 2.85 bits per heavy atom. The number of carbonyl (C=O) groups excluding carboxylic acids is 1. The molecule has 0 spiro atoms. The van der Waals surface area contributed by atoms with E-state index in [4.69, 9.17) is 5.73 Å². The fourth-order valence-electron chi connectivity index (χ4n) is 2.51. The summed E-state index contributed by atoms with van der Waals surface area (Å²) in [6.45, 7) is 7.41. The number of likely N-dealkylation sites (N-methyl/N-ethyl adjacent to an activating group) is 1. The molecule has 1 amide bonds. The van der Waals surface area contributed by atoms with Gasteiger partial charge in [-0.3, -0.25) is 9.69 Å². The molecule has 1 atom stereocenters. The lowest BCUT2D eigenvalue weighted by molar-refractivity contribution is -0.117. The average molecular weight is 276 g/mol. The molecule has 1 unspecified atom stereocenters. The van der Waals surface area contributed by atoms with Crippen LogP contribution in [0.4, 0.5) is 11.4 Å². The third-order valence-corrected chi connectivity index (χ3v) is 3.98. The minimum atomic E-state index is 0.00255. The quantitative estimate of drug-likeness (QED) is 0.813. The van der Waals surface area contributed by atoms with Crippen LogP contribution in [-0.4, -0.2) is 55.0 Å². The number of carbonyl (C=O) groups is 1. The minimum absolute atomic E-state index is 0.00255. The fraction of sp³-hybridized carbons (Fsp3) is 0.533. The van der Waals surface area contributed by atoms with Gasteiger partial charge in [0, 0.05) is 25.7 Å². The lowest BCUT2D eigenvalue weighted by Gasteiger charge is -2.37. The lowest BCUT2D eigenvalue weighted by Crippen LogP contribution is -2.51. The fourth-order valence-corrected chi connectivity index (χ4v) is 2.51. The van der Waals surface area contributed by atoms with Gasteiger partial charge < -0.3 is 16.0 Å². The Morgan fingerprint density at radius 1 is 1.45 bits per heavy atom. The standard InChI is InChI=1S/C15H24N4O/c1-11-5-4-6-13(16)15(11)17-14(20)10-19-8-7-18(3)12(2)9-19/h4-6,12H,7-10,16H2,1-3H3,(H,17,20). The number of nitrogens with one attached hydrogen (secondary N) is 1. The van der Waals surface area contributed by atoms with E-state index < -0.39 is 0 Å². The van der Waals surface area contributed by atoms with Crippen LogP contribution in [0.5, 0.6) is 0 Å². The molecule has 0 aliphatic carbocycles. The molecule has 2 rings (SSSR count). The van der Waals surface area contributed by atoms with Gasteiger partial charge in [-0.1, -0.05) is 12.1 Å². The van der Waals surface area contributed by atoms with Crippen LogP contribution in [0.1, 0.15) is 12.5 Å². The Bertz CT molecular complexity index is 469. The summed E-state index contributed by atoms with van der Waals surface area (Å²) < 4.78 is 0. The highest BCUT2D eigenvalue weighted by Gasteiger charge is 2.22. The van der Waals surface area contributed by atoms with Gasteiger partial charge in [-0.15, -0.1) is 0 Å². The van der Waals surface area contributed by atoms with Crippen molar-refractivity contribution >= 4 is 17.3 Å². The third-order valence-electron chi connectivity index (χ3n) is 3.98. The van der Waals surface area contributed by atoms with E-state index in [0.717, 1.165) is 30.9 Å². The van der Waals surface area contributed by atoms with Crippen LogP contribution in [0, 0.1) is 6.92 Å². The van der Waals surface area contributed by atoms with E-state index in [0.29, 0.717) is 18.3 Å². The van der Waals surface area contributed by atoms with E-state index in [1.54, 1.807) is 6.07 Å². The van der Waals surface area contributed by atoms with E-state index in [2.05, 4.69) is 29.1 Å². The number of nitrogens with zero attached hydrogens (tertiary/aromatic N) is 2. The molecule has 0 saturated carbocycles. The van der Waals surface area contributed by atoms with Gasteiger partial charge in [0.2, 0.25) is 5.91 Å². The molecule has 5 nitrogen and oxygen atoms in total. The number of hydrogen-bond donors (Lipinski definition) is 2. The summed E-state index contributed by atoms with van der Waals surface area (Å²) in [5.41, 5.74) is 8.25. The van der Waals surface area contributed by atoms with E-state index in [1.807, 2.05) is 19.1 Å². The molecule has 5 heteroatoms. The van der Waals surface area contributed by atoms with Crippen molar-refractivity contribution in [1.82, 2.24) is 9.80 Å². The van der Waals surface area contributed by atoms with Crippen molar-refractivity contribution in [3.63, 3.8) is 0 Å². The minimum Gasteiger partial charge on any atom is -0.397 e. The summed E-state index contributed by atoms with van der Waals surface area (Å²) >= 11 is 0. The molecular formula is C15H24N4O. The molecule has 1 aromatic rings. The smallest absolute Gasteiger partial charge is 0.238 e. The first-order valence-electron chi connectivity index (χ1n) is 7.05. The Kier molecular flexibility index (Phi) is 4.62. The molecule has 0 bridgehead atoms. The molecule has 110 valence electrons. The second kappa shape index (κ2) is 6.24. The highest BCUT2D eigenvalue weighted by molar-refractivity contribution is 5.96. The number of aryl methyl sites for hydroxylation is 1. The van der Waals surface area contributed by atoms with E-state index >= 15 is 0 Å². The third kappa shape index (κ3) is 3.49. The van der Waals surface area contributed by atoms with Crippen LogP contribution in [0.25, 0.3) is 0 Å². The summed E-state index contributed by atoms with van der Waals surface area (Å²) in [6.07, 6.45) is 0. The van der Waals surface area contributed by atoms with Crippen molar-refractivity contribution in [3.05, 3.63) is 23.8 Å². The molecule has 20 heavy (non-hydrogen) atoms. The number of rotatable bonds is 3. The first-order valence-corrected chi connectivity index (χ1v) is 7.05. The summed E-state index contributed by atoms with van der Waals surface area (Å²) in [5.74, 6) is 0.00255. The summed E-state index contributed by atoms with van der Waals surface area (Å²) in [4.78, 5) is 16.7. The van der Waals surface area contributed by atoms with Gasteiger partial charge in [0.1, 0.15) is 0 Å². The predicted molar refractivity (Wildman–Crippen MR) is 82.8 cm³/mol. The Balaban J connectivity index is 1.93. The number of amides is 1. The van der Waals surface area contributed by atoms with Crippen molar-refractivity contribution in [1.29, 1.82) is 0 Å². The monoisotopic (exact) mass is 276 g/mol. The second-order valence-corrected chi connectivity index (χ2v) is 5.65. The lowest BCUT2D eigenvalue weighted by atomic mass is 10.1. The van der Waals surface area contributed by atoms with Crippen molar-refractivity contribution in [3.8, 4) is 0 Å². The zero-order valence-corrected chi connectivity index (χ0v) is 12.5. The zero-order chi connectivity index (χ0) is 14.7. The van der Waals surface area contributed by atoms with Crippen LogP contribution in [0.15, 0.2) is 18.2 Å². The van der Waals surface area contributed by atoms with Crippen molar-refractivity contribution in [2.45, 2.75) is 19.9 Å². The number of para-hydroxylation sites is 1. The normalized spacial score (nSPS) is 20.9. The molecule has 1 aliphatic heterocycles. The number of hydrogen-bond acceptors (Lipinski definition) is 4. The molecule has 0 radical (unpaired) electrons. The molecule has 1 aromatic carbocycles. The van der Waals surface area contributed by atoms with E-state index in [-0.39, 0.29) is 5.91 Å². The predicted octanol–water partition coefficient (Wildman–Crippen LogP) is 1.15. The molecule has 0 aromatic heterocycles. The largest absolute Gasteiger partial charge is 0.397 e. The van der Waals surface area contributed by atoms with Crippen LogP contribution in [0.2, 0.25) is 0 Å². The number of benzene rings is 1. The average Bonchev–Trinajstić information content (AvgIpc) is 2.38. The zero-order valence-electron chi connectivity index (χ0n) is 12.5. The Labute approximate surface area is 120 Å². The van der Waals surface area contributed by atoms with Gasteiger partial charge in [0.25, 0.3) is 0 Å². The maximum absolute atomic E-state index is 12.2. The van der Waals surface area contributed by atoms with E-state index in [1.165, 1.54) is 0 Å². The summed E-state index contributed by atoms with van der Waals surface area (Å²) in [6, 6.07) is 6.13.